The predicted octanol–water partition coefficient (Wildman–Crippen LogP) is 4.22. The molecule has 0 atom stereocenters. The van der Waals surface area contributed by atoms with E-state index in [-0.39, 0.29) is 5.75 Å². The van der Waals surface area contributed by atoms with Gasteiger partial charge >= 0.3 is 18.2 Å². The molecule has 0 aliphatic rings. The zero-order valence-electron chi connectivity index (χ0n) is 15.0. The van der Waals surface area contributed by atoms with E-state index in [0.717, 1.165) is 18.6 Å². The van der Waals surface area contributed by atoms with Crippen LogP contribution in [0.4, 0.5) is 23.7 Å². The molecule has 0 fully saturated rings. The van der Waals surface area contributed by atoms with Crippen molar-refractivity contribution >= 4 is 17.7 Å². The molecule has 0 aliphatic heterocycles. The molecule has 0 heterocycles. The van der Waals surface area contributed by atoms with Crippen LogP contribution in [-0.2, 0) is 11.0 Å². The normalized spacial score (nSPS) is 10.9. The van der Waals surface area contributed by atoms with E-state index in [9.17, 15) is 22.8 Å². The van der Waals surface area contributed by atoms with Gasteiger partial charge in [-0.3, -0.25) is 0 Å². The second kappa shape index (κ2) is 9.63. The highest BCUT2D eigenvalue weighted by Gasteiger charge is 2.34. The Bertz CT molecular complexity index is 825. The molecule has 9 heteroatoms. The number of amides is 2. The number of carbonyl (C=O) groups is 2. The van der Waals surface area contributed by atoms with Crippen LogP contribution >= 0.6 is 0 Å². The lowest BCUT2D eigenvalue weighted by Gasteiger charge is -2.13. The lowest BCUT2D eigenvalue weighted by Crippen LogP contribution is -2.29. The van der Waals surface area contributed by atoms with Gasteiger partial charge in [-0.1, -0.05) is 25.1 Å². The van der Waals surface area contributed by atoms with Gasteiger partial charge in [0.15, 0.2) is 6.61 Å². The Kier molecular flexibility index (Phi) is 7.25. The first kappa shape index (κ1) is 21.1. The minimum atomic E-state index is -4.60. The van der Waals surface area contributed by atoms with Crippen LogP contribution in [-0.4, -0.2) is 25.2 Å². The first-order valence-corrected chi connectivity index (χ1v) is 8.44. The fourth-order valence-electron chi connectivity index (χ4n) is 2.18. The van der Waals surface area contributed by atoms with E-state index in [1.165, 1.54) is 24.3 Å². The first-order chi connectivity index (χ1) is 13.3. The summed E-state index contributed by atoms with van der Waals surface area (Å²) in [5.74, 6) is -1.23. The molecule has 2 aromatic rings. The monoisotopic (exact) mass is 396 g/mol. The summed E-state index contributed by atoms with van der Waals surface area (Å²) in [6, 6.07) is 10.2. The van der Waals surface area contributed by atoms with E-state index in [1.807, 2.05) is 6.92 Å². The lowest BCUT2D eigenvalue weighted by molar-refractivity contribution is -0.142. The molecule has 2 amide bonds. The highest BCUT2D eigenvalue weighted by Crippen LogP contribution is 2.35. The maximum Gasteiger partial charge on any atom is 0.419 e. The highest BCUT2D eigenvalue weighted by atomic mass is 19.4. The SMILES string of the molecule is CCCNC(=O)Nc1cccc(OC(=O)COc2ccccc2C(F)(F)F)c1. The number of halogens is 3. The van der Waals surface area contributed by atoms with Crippen molar-refractivity contribution in [1.29, 1.82) is 0 Å². The standard InChI is InChI=1S/C19H19F3N2O4/c1-2-10-23-18(26)24-13-6-5-7-14(11-13)28-17(25)12-27-16-9-4-3-8-15(16)19(20,21)22/h3-9,11H,2,10,12H2,1H3,(H2,23,24,26). The second-order valence-corrected chi connectivity index (χ2v) is 5.67. The van der Waals surface area contributed by atoms with E-state index in [1.54, 1.807) is 12.1 Å². The van der Waals surface area contributed by atoms with Crippen molar-refractivity contribution in [2.75, 3.05) is 18.5 Å². The lowest BCUT2D eigenvalue weighted by atomic mass is 10.2. The van der Waals surface area contributed by atoms with Crippen LogP contribution in [0.15, 0.2) is 48.5 Å². The van der Waals surface area contributed by atoms with Crippen molar-refractivity contribution in [3.63, 3.8) is 0 Å². The quantitative estimate of drug-likeness (QED) is 0.543. The van der Waals surface area contributed by atoms with Gasteiger partial charge < -0.3 is 20.1 Å². The summed E-state index contributed by atoms with van der Waals surface area (Å²) in [6.07, 6.45) is -3.82. The molecule has 0 saturated carbocycles. The summed E-state index contributed by atoms with van der Waals surface area (Å²) in [5.41, 5.74) is -0.589. The molecule has 0 aliphatic carbocycles. The van der Waals surface area contributed by atoms with E-state index in [2.05, 4.69) is 10.6 Å². The van der Waals surface area contributed by atoms with Gasteiger partial charge in [0, 0.05) is 18.3 Å². The van der Waals surface area contributed by atoms with Crippen molar-refractivity contribution in [2.45, 2.75) is 19.5 Å². The van der Waals surface area contributed by atoms with Gasteiger partial charge in [0.25, 0.3) is 0 Å². The number of alkyl halides is 3. The van der Waals surface area contributed by atoms with Gasteiger partial charge in [-0.2, -0.15) is 13.2 Å². The molecule has 150 valence electrons. The van der Waals surface area contributed by atoms with Crippen LogP contribution in [0.3, 0.4) is 0 Å². The molecule has 0 bridgehead atoms. The van der Waals surface area contributed by atoms with Gasteiger partial charge in [0.1, 0.15) is 11.5 Å². The largest absolute Gasteiger partial charge is 0.481 e. The highest BCUT2D eigenvalue weighted by molar-refractivity contribution is 5.89. The molecule has 0 radical (unpaired) electrons. The zero-order valence-corrected chi connectivity index (χ0v) is 15.0. The molecule has 0 aromatic heterocycles. The molecule has 2 rings (SSSR count). The molecule has 28 heavy (non-hydrogen) atoms. The van der Waals surface area contributed by atoms with Crippen molar-refractivity contribution in [1.82, 2.24) is 5.32 Å². The van der Waals surface area contributed by atoms with E-state index in [4.69, 9.17) is 9.47 Å². The molecule has 6 nitrogen and oxygen atoms in total. The predicted molar refractivity (Wildman–Crippen MR) is 96.3 cm³/mol. The fraction of sp³-hybridized carbons (Fsp3) is 0.263. The van der Waals surface area contributed by atoms with Crippen LogP contribution < -0.4 is 20.1 Å². The number of para-hydroxylation sites is 1. The van der Waals surface area contributed by atoms with Crippen LogP contribution in [0.25, 0.3) is 0 Å². The minimum Gasteiger partial charge on any atom is -0.481 e. The number of urea groups is 1. The van der Waals surface area contributed by atoms with Crippen LogP contribution in [0.5, 0.6) is 11.5 Å². The topological polar surface area (TPSA) is 76.7 Å². The third-order valence-electron chi connectivity index (χ3n) is 3.40. The second-order valence-electron chi connectivity index (χ2n) is 5.67. The third kappa shape index (κ3) is 6.49. The van der Waals surface area contributed by atoms with Crippen molar-refractivity contribution in [3.8, 4) is 11.5 Å². The number of ether oxygens (including phenoxy) is 2. The van der Waals surface area contributed by atoms with Gasteiger partial charge in [-0.05, 0) is 30.7 Å². The Balaban J connectivity index is 1.94. The van der Waals surface area contributed by atoms with Crippen LogP contribution in [0.2, 0.25) is 0 Å². The van der Waals surface area contributed by atoms with E-state index >= 15 is 0 Å². The van der Waals surface area contributed by atoms with Crippen LogP contribution in [0, 0.1) is 0 Å². The summed E-state index contributed by atoms with van der Waals surface area (Å²) in [5, 5.41) is 5.20. The van der Waals surface area contributed by atoms with E-state index < -0.39 is 36.1 Å². The minimum absolute atomic E-state index is 0.117. The number of rotatable bonds is 7. The fourth-order valence-corrected chi connectivity index (χ4v) is 2.18. The third-order valence-corrected chi connectivity index (χ3v) is 3.40. The van der Waals surface area contributed by atoms with E-state index in [0.29, 0.717) is 12.2 Å². The number of esters is 1. The Morgan fingerprint density at radius 3 is 2.54 bits per heavy atom. The van der Waals surface area contributed by atoms with Crippen LogP contribution in [0.1, 0.15) is 18.9 Å². The molecule has 2 aromatic carbocycles. The summed E-state index contributed by atoms with van der Waals surface area (Å²) in [7, 11) is 0. The van der Waals surface area contributed by atoms with Gasteiger partial charge in [0.05, 0.1) is 5.56 Å². The maximum atomic E-state index is 12.9. The average molecular weight is 396 g/mol. The van der Waals surface area contributed by atoms with Crippen molar-refractivity contribution in [3.05, 3.63) is 54.1 Å². The summed E-state index contributed by atoms with van der Waals surface area (Å²) in [6.45, 7) is 1.72. The summed E-state index contributed by atoms with van der Waals surface area (Å²) >= 11 is 0. The number of nitrogens with one attached hydrogen (secondary N) is 2. The summed E-state index contributed by atoms with van der Waals surface area (Å²) in [4.78, 5) is 23.5. The maximum absolute atomic E-state index is 12.9. The number of anilines is 1. The number of hydrogen-bond acceptors (Lipinski definition) is 4. The molecular formula is C19H19F3N2O4. The zero-order chi connectivity index (χ0) is 20.6. The van der Waals surface area contributed by atoms with Gasteiger partial charge in [-0.15, -0.1) is 0 Å². The molecule has 0 unspecified atom stereocenters. The molecule has 0 saturated heterocycles. The number of hydrogen-bond donors (Lipinski definition) is 2. The molecule has 2 N–H and O–H groups in total. The Labute approximate surface area is 159 Å². The smallest absolute Gasteiger partial charge is 0.419 e. The van der Waals surface area contributed by atoms with Gasteiger partial charge in [-0.25, -0.2) is 9.59 Å². The summed E-state index contributed by atoms with van der Waals surface area (Å²) < 4.78 is 48.7. The first-order valence-electron chi connectivity index (χ1n) is 8.44. The Morgan fingerprint density at radius 2 is 1.82 bits per heavy atom. The van der Waals surface area contributed by atoms with Gasteiger partial charge in [0.2, 0.25) is 0 Å². The number of carbonyl (C=O) groups excluding carboxylic acids is 2. The molecular weight excluding hydrogens is 377 g/mol. The Morgan fingerprint density at radius 1 is 1.07 bits per heavy atom. The van der Waals surface area contributed by atoms with Crippen molar-refractivity contribution < 1.29 is 32.2 Å². The average Bonchev–Trinajstić information content (AvgIpc) is 2.64. The number of benzene rings is 2. The Hall–Kier alpha value is -3.23. The molecule has 0 spiro atoms. The van der Waals surface area contributed by atoms with Crippen molar-refractivity contribution in [2.24, 2.45) is 0 Å².